The molecule has 1 aliphatic rings. The molecule has 0 aromatic heterocycles. The van der Waals surface area contributed by atoms with E-state index in [9.17, 15) is 13.2 Å². The van der Waals surface area contributed by atoms with Crippen molar-refractivity contribution in [1.82, 2.24) is 4.31 Å². The molecule has 9 heteroatoms. The van der Waals surface area contributed by atoms with E-state index in [1.165, 1.54) is 23.9 Å². The largest absolute Gasteiger partial charge is 0.480 e. The molecular formula is C11H13ClN2O4S2. The molecule has 1 aromatic rings. The van der Waals surface area contributed by atoms with Crippen LogP contribution in [0.5, 0.6) is 0 Å². The first-order chi connectivity index (χ1) is 9.25. The summed E-state index contributed by atoms with van der Waals surface area (Å²) in [6.45, 7) is 1.71. The smallest absolute Gasteiger partial charge is 0.322 e. The monoisotopic (exact) mass is 336 g/mol. The fraction of sp³-hybridized carbons (Fsp3) is 0.364. The molecule has 6 nitrogen and oxygen atoms in total. The fourth-order valence-corrected chi connectivity index (χ4v) is 5.38. The van der Waals surface area contributed by atoms with Gasteiger partial charge in [-0.1, -0.05) is 11.6 Å². The highest BCUT2D eigenvalue weighted by atomic mass is 35.5. The molecular weight excluding hydrogens is 324 g/mol. The highest BCUT2D eigenvalue weighted by Gasteiger charge is 2.40. The van der Waals surface area contributed by atoms with Crippen molar-refractivity contribution in [2.75, 3.05) is 17.4 Å². The third-order valence-corrected chi connectivity index (χ3v) is 6.50. The molecule has 0 unspecified atom stereocenters. The number of hydrogen-bond acceptors (Lipinski definition) is 5. The Morgan fingerprint density at radius 2 is 2.20 bits per heavy atom. The molecule has 0 bridgehead atoms. The first-order valence-corrected chi connectivity index (χ1v) is 8.60. The van der Waals surface area contributed by atoms with Crippen molar-refractivity contribution in [3.8, 4) is 0 Å². The summed E-state index contributed by atoms with van der Waals surface area (Å²) in [6, 6.07) is 1.65. The molecule has 110 valence electrons. The number of thioether (sulfide) groups is 1. The van der Waals surface area contributed by atoms with E-state index in [4.69, 9.17) is 22.4 Å². The number of rotatable bonds is 3. The number of benzene rings is 1. The molecule has 0 aliphatic carbocycles. The Balaban J connectivity index is 2.50. The molecule has 20 heavy (non-hydrogen) atoms. The predicted octanol–water partition coefficient (Wildman–Crippen LogP) is 1.38. The molecule has 1 aromatic carbocycles. The SMILES string of the molecule is Cc1cc(N)c(S(=O)(=O)N2CSC[C@@H]2C(=O)O)cc1Cl. The summed E-state index contributed by atoms with van der Waals surface area (Å²) in [5.74, 6) is -0.867. The van der Waals surface area contributed by atoms with E-state index in [2.05, 4.69) is 0 Å². The van der Waals surface area contributed by atoms with Crippen LogP contribution in [0.3, 0.4) is 0 Å². The van der Waals surface area contributed by atoms with Gasteiger partial charge >= 0.3 is 5.97 Å². The Morgan fingerprint density at radius 3 is 2.80 bits per heavy atom. The van der Waals surface area contributed by atoms with Gasteiger partial charge in [-0.3, -0.25) is 4.79 Å². The van der Waals surface area contributed by atoms with Crippen LogP contribution >= 0.6 is 23.4 Å². The fourth-order valence-electron chi connectivity index (χ4n) is 1.89. The van der Waals surface area contributed by atoms with Crippen LogP contribution in [-0.4, -0.2) is 41.5 Å². The molecule has 0 amide bonds. The normalized spacial score (nSPS) is 20.2. The van der Waals surface area contributed by atoms with Gasteiger partial charge in [-0.05, 0) is 24.6 Å². The van der Waals surface area contributed by atoms with Crippen LogP contribution in [0.2, 0.25) is 5.02 Å². The van der Waals surface area contributed by atoms with Gasteiger partial charge in [-0.25, -0.2) is 8.42 Å². The lowest BCUT2D eigenvalue weighted by atomic mass is 10.2. The molecule has 1 saturated heterocycles. The van der Waals surface area contributed by atoms with Crippen LogP contribution in [0.15, 0.2) is 17.0 Å². The first kappa shape index (κ1) is 15.4. The lowest BCUT2D eigenvalue weighted by Gasteiger charge is -2.21. The lowest BCUT2D eigenvalue weighted by Crippen LogP contribution is -2.41. The summed E-state index contributed by atoms with van der Waals surface area (Å²) < 4.78 is 26.0. The number of halogens is 1. The van der Waals surface area contributed by atoms with Crippen LogP contribution in [0.1, 0.15) is 5.56 Å². The van der Waals surface area contributed by atoms with E-state index in [1.807, 2.05) is 0 Å². The Bertz CT molecular complexity index is 663. The highest BCUT2D eigenvalue weighted by Crippen LogP contribution is 2.33. The van der Waals surface area contributed by atoms with Crippen molar-refractivity contribution in [2.45, 2.75) is 17.9 Å². The number of nitrogens with zero attached hydrogens (tertiary/aromatic N) is 1. The van der Waals surface area contributed by atoms with Crippen molar-refractivity contribution in [3.63, 3.8) is 0 Å². The number of carboxylic acids is 1. The summed E-state index contributed by atoms with van der Waals surface area (Å²) in [7, 11) is -3.98. The third-order valence-electron chi connectivity index (χ3n) is 3.00. The Kier molecular flexibility index (Phi) is 4.19. The number of hydrogen-bond donors (Lipinski definition) is 2. The second kappa shape index (κ2) is 5.44. The van der Waals surface area contributed by atoms with Gasteiger partial charge in [0.1, 0.15) is 10.9 Å². The first-order valence-electron chi connectivity index (χ1n) is 5.63. The average Bonchev–Trinajstić information content (AvgIpc) is 2.83. The average molecular weight is 337 g/mol. The van der Waals surface area contributed by atoms with Gasteiger partial charge in [0.25, 0.3) is 0 Å². The zero-order chi connectivity index (χ0) is 15.1. The number of aliphatic carboxylic acids is 1. The maximum atomic E-state index is 12.5. The van der Waals surface area contributed by atoms with Crippen molar-refractivity contribution in [2.24, 2.45) is 0 Å². The zero-order valence-corrected chi connectivity index (χ0v) is 12.9. The molecule has 3 N–H and O–H groups in total. The molecule has 1 heterocycles. The second-order valence-electron chi connectivity index (χ2n) is 4.39. The van der Waals surface area contributed by atoms with Crippen LogP contribution in [0, 0.1) is 6.92 Å². The van der Waals surface area contributed by atoms with Crippen LogP contribution in [0.4, 0.5) is 5.69 Å². The summed E-state index contributed by atoms with van der Waals surface area (Å²) in [4.78, 5) is 11.0. The minimum atomic E-state index is -3.98. The summed E-state index contributed by atoms with van der Waals surface area (Å²) in [5, 5.41) is 9.36. The van der Waals surface area contributed by atoms with E-state index < -0.39 is 22.0 Å². The minimum absolute atomic E-state index is 0.0629. The number of anilines is 1. The number of nitrogen functional groups attached to an aromatic ring is 1. The Labute approximate surface area is 125 Å². The van der Waals surface area contributed by atoms with Gasteiger partial charge < -0.3 is 10.8 Å². The number of carboxylic acid groups (broad SMARTS) is 1. The van der Waals surface area contributed by atoms with Gasteiger partial charge in [0.05, 0.1) is 11.6 Å². The standard InChI is InChI=1S/C11H13ClN2O4S2/c1-6-2-8(13)10(3-7(6)12)20(17,18)14-5-19-4-9(14)11(15)16/h2-3,9H,4-5,13H2,1H3,(H,15,16)/t9-/m1/s1. The predicted molar refractivity (Wildman–Crippen MR) is 78.4 cm³/mol. The third kappa shape index (κ3) is 2.60. The number of carbonyl (C=O) groups is 1. The molecule has 1 fully saturated rings. The Morgan fingerprint density at radius 1 is 1.55 bits per heavy atom. The summed E-state index contributed by atoms with van der Waals surface area (Å²) in [5.41, 5.74) is 6.47. The molecule has 0 radical (unpaired) electrons. The maximum absolute atomic E-state index is 12.5. The quantitative estimate of drug-likeness (QED) is 0.809. The van der Waals surface area contributed by atoms with Crippen molar-refractivity contribution >= 4 is 45.0 Å². The number of nitrogens with two attached hydrogens (primary N) is 1. The van der Waals surface area contributed by atoms with Gasteiger partial charge in [0.2, 0.25) is 10.0 Å². The van der Waals surface area contributed by atoms with Gasteiger partial charge in [0, 0.05) is 10.8 Å². The minimum Gasteiger partial charge on any atom is -0.480 e. The summed E-state index contributed by atoms with van der Waals surface area (Å²) in [6.07, 6.45) is 0. The number of aryl methyl sites for hydroxylation is 1. The van der Waals surface area contributed by atoms with Gasteiger partial charge in [-0.15, -0.1) is 11.8 Å². The van der Waals surface area contributed by atoms with E-state index in [-0.39, 0.29) is 27.2 Å². The van der Waals surface area contributed by atoms with Crippen LogP contribution in [-0.2, 0) is 14.8 Å². The van der Waals surface area contributed by atoms with E-state index >= 15 is 0 Å². The second-order valence-corrected chi connectivity index (χ2v) is 7.65. The highest BCUT2D eigenvalue weighted by molar-refractivity contribution is 8.00. The Hall–Kier alpha value is -0.960. The van der Waals surface area contributed by atoms with Crippen molar-refractivity contribution in [3.05, 3.63) is 22.7 Å². The molecule has 0 saturated carbocycles. The molecule has 1 atom stereocenters. The number of sulfonamides is 1. The van der Waals surface area contributed by atoms with Crippen LogP contribution < -0.4 is 5.73 Å². The van der Waals surface area contributed by atoms with Gasteiger partial charge in [-0.2, -0.15) is 4.31 Å². The van der Waals surface area contributed by atoms with Crippen LogP contribution in [0.25, 0.3) is 0 Å². The lowest BCUT2D eigenvalue weighted by molar-refractivity contribution is -0.140. The maximum Gasteiger partial charge on any atom is 0.322 e. The van der Waals surface area contributed by atoms with E-state index in [0.29, 0.717) is 5.56 Å². The summed E-state index contributed by atoms with van der Waals surface area (Å²) >= 11 is 7.18. The van der Waals surface area contributed by atoms with Gasteiger partial charge in [0.15, 0.2) is 0 Å². The zero-order valence-electron chi connectivity index (χ0n) is 10.5. The molecule has 1 aliphatic heterocycles. The molecule has 0 spiro atoms. The van der Waals surface area contributed by atoms with E-state index in [0.717, 1.165) is 4.31 Å². The molecule has 2 rings (SSSR count). The van der Waals surface area contributed by atoms with E-state index in [1.54, 1.807) is 6.92 Å². The topological polar surface area (TPSA) is 101 Å². The van der Waals surface area contributed by atoms with Crippen molar-refractivity contribution < 1.29 is 18.3 Å². The van der Waals surface area contributed by atoms with Crippen molar-refractivity contribution in [1.29, 1.82) is 0 Å².